The van der Waals surface area contributed by atoms with Crippen LogP contribution in [0, 0.1) is 6.92 Å². The highest BCUT2D eigenvalue weighted by molar-refractivity contribution is 6.00. The number of hydrogen-bond donors (Lipinski definition) is 0. The van der Waals surface area contributed by atoms with Crippen LogP contribution in [0.5, 0.6) is 0 Å². The number of fused-ring (bicyclic) bond motifs is 1. The quantitative estimate of drug-likeness (QED) is 0.526. The lowest BCUT2D eigenvalue weighted by Gasteiger charge is -2.41. The van der Waals surface area contributed by atoms with E-state index < -0.39 is 12.1 Å². The minimum absolute atomic E-state index is 0.0466. The molecule has 1 aliphatic heterocycles. The Hall–Kier alpha value is -3.40. The Morgan fingerprint density at radius 2 is 1.61 bits per heavy atom. The summed E-state index contributed by atoms with van der Waals surface area (Å²) in [4.78, 5) is 27.4. The highest BCUT2D eigenvalue weighted by Crippen LogP contribution is 2.43. The van der Waals surface area contributed by atoms with Crippen molar-refractivity contribution in [1.82, 2.24) is 0 Å². The SMILES string of the molecule is CC(=O)O[C@@H](C(=O)N1c2ccc(C)cc2[C@H](c2ccccc2)C[C@@H]1C)c1ccccc1. The second-order valence-electron chi connectivity index (χ2n) is 8.22. The zero-order valence-electron chi connectivity index (χ0n) is 18.1. The summed E-state index contributed by atoms with van der Waals surface area (Å²) in [5, 5.41) is 0. The van der Waals surface area contributed by atoms with Gasteiger partial charge < -0.3 is 9.64 Å². The molecule has 0 spiro atoms. The average Bonchev–Trinajstić information content (AvgIpc) is 2.78. The average molecular weight is 414 g/mol. The smallest absolute Gasteiger partial charge is 0.303 e. The van der Waals surface area contributed by atoms with Gasteiger partial charge in [0.25, 0.3) is 5.91 Å². The van der Waals surface area contributed by atoms with Gasteiger partial charge in [-0.1, -0.05) is 78.4 Å². The van der Waals surface area contributed by atoms with Gasteiger partial charge in [0.15, 0.2) is 0 Å². The van der Waals surface area contributed by atoms with Gasteiger partial charge in [-0.25, -0.2) is 0 Å². The van der Waals surface area contributed by atoms with Gasteiger partial charge in [0, 0.05) is 30.1 Å². The summed E-state index contributed by atoms with van der Waals surface area (Å²) in [7, 11) is 0. The van der Waals surface area contributed by atoms with Crippen molar-refractivity contribution < 1.29 is 14.3 Å². The maximum absolute atomic E-state index is 13.8. The Bertz CT molecular complexity index is 1080. The van der Waals surface area contributed by atoms with Crippen molar-refractivity contribution in [1.29, 1.82) is 0 Å². The van der Waals surface area contributed by atoms with Crippen LogP contribution in [0.25, 0.3) is 0 Å². The molecule has 3 aromatic rings. The number of benzene rings is 3. The maximum atomic E-state index is 13.8. The lowest BCUT2D eigenvalue weighted by molar-refractivity contribution is -0.153. The number of anilines is 1. The topological polar surface area (TPSA) is 46.6 Å². The highest BCUT2D eigenvalue weighted by Gasteiger charge is 2.38. The van der Waals surface area contributed by atoms with E-state index in [1.807, 2.05) is 53.4 Å². The number of ether oxygens (including phenoxy) is 1. The molecule has 1 aliphatic rings. The van der Waals surface area contributed by atoms with E-state index in [2.05, 4.69) is 44.2 Å². The molecule has 3 aromatic carbocycles. The van der Waals surface area contributed by atoms with Crippen molar-refractivity contribution in [3.63, 3.8) is 0 Å². The number of hydrogen-bond acceptors (Lipinski definition) is 3. The first-order valence-electron chi connectivity index (χ1n) is 10.7. The van der Waals surface area contributed by atoms with Crippen LogP contribution in [0.4, 0.5) is 5.69 Å². The first kappa shape index (κ1) is 20.9. The fraction of sp³-hybridized carbons (Fsp3) is 0.259. The monoisotopic (exact) mass is 413 g/mol. The minimum atomic E-state index is -0.969. The molecule has 4 nitrogen and oxygen atoms in total. The molecule has 0 aromatic heterocycles. The summed E-state index contributed by atoms with van der Waals surface area (Å²) < 4.78 is 5.52. The van der Waals surface area contributed by atoms with Crippen molar-refractivity contribution in [2.45, 2.75) is 45.3 Å². The molecule has 0 saturated carbocycles. The summed E-state index contributed by atoms with van der Waals surface area (Å²) in [5.74, 6) is -0.484. The normalized spacial score (nSPS) is 18.7. The summed E-state index contributed by atoms with van der Waals surface area (Å²) in [5.41, 5.74) is 5.09. The third-order valence-electron chi connectivity index (χ3n) is 5.89. The van der Waals surface area contributed by atoms with Gasteiger partial charge >= 0.3 is 5.97 Å². The summed E-state index contributed by atoms with van der Waals surface area (Å²) in [6, 6.07) is 25.8. The molecule has 0 radical (unpaired) electrons. The standard InChI is InChI=1S/C27H27NO3/c1-18-14-15-25-24(16-18)23(21-10-6-4-7-11-21)17-19(2)28(25)27(30)26(31-20(3)29)22-12-8-5-9-13-22/h4-16,19,23,26H,17H2,1-3H3/t19-,23-,26+/m0/s1. The number of carbonyl (C=O) groups excluding carboxylic acids is 2. The lowest BCUT2D eigenvalue weighted by Crippen LogP contribution is -2.46. The molecule has 1 amide bonds. The summed E-state index contributed by atoms with van der Waals surface area (Å²) in [6.07, 6.45) is -0.170. The molecule has 0 N–H and O–H groups in total. The van der Waals surface area contributed by atoms with E-state index in [0.29, 0.717) is 5.56 Å². The Morgan fingerprint density at radius 3 is 2.26 bits per heavy atom. The van der Waals surface area contributed by atoms with Crippen molar-refractivity contribution in [2.24, 2.45) is 0 Å². The number of rotatable bonds is 4. The van der Waals surface area contributed by atoms with Crippen molar-refractivity contribution in [3.05, 3.63) is 101 Å². The molecule has 0 unspecified atom stereocenters. The van der Waals surface area contributed by atoms with Gasteiger partial charge in [-0.3, -0.25) is 9.59 Å². The summed E-state index contributed by atoms with van der Waals surface area (Å²) >= 11 is 0. The largest absolute Gasteiger partial charge is 0.447 e. The van der Waals surface area contributed by atoms with Crippen LogP contribution >= 0.6 is 0 Å². The molecular weight excluding hydrogens is 386 g/mol. The molecule has 0 saturated heterocycles. The molecule has 3 atom stereocenters. The number of amides is 1. The molecule has 1 heterocycles. The Labute approximate surface area is 183 Å². The van der Waals surface area contributed by atoms with E-state index in [1.165, 1.54) is 12.5 Å². The fourth-order valence-corrected chi connectivity index (χ4v) is 4.50. The third kappa shape index (κ3) is 4.24. The number of carbonyl (C=O) groups is 2. The molecule has 31 heavy (non-hydrogen) atoms. The van der Waals surface area contributed by atoms with Crippen LogP contribution in [-0.2, 0) is 14.3 Å². The fourth-order valence-electron chi connectivity index (χ4n) is 4.50. The molecule has 4 rings (SSSR count). The van der Waals surface area contributed by atoms with E-state index in [1.54, 1.807) is 0 Å². The van der Waals surface area contributed by atoms with Crippen LogP contribution in [0.3, 0.4) is 0 Å². The molecular formula is C27H27NO3. The first-order chi connectivity index (χ1) is 15.0. The van der Waals surface area contributed by atoms with Gasteiger partial charge in [-0.15, -0.1) is 0 Å². The predicted octanol–water partition coefficient (Wildman–Crippen LogP) is 5.56. The predicted molar refractivity (Wildman–Crippen MR) is 122 cm³/mol. The van der Waals surface area contributed by atoms with E-state index >= 15 is 0 Å². The minimum Gasteiger partial charge on any atom is -0.447 e. The van der Waals surface area contributed by atoms with Crippen LogP contribution in [0.2, 0.25) is 0 Å². The second kappa shape index (κ2) is 8.76. The van der Waals surface area contributed by atoms with Crippen LogP contribution in [-0.4, -0.2) is 17.9 Å². The molecule has 0 bridgehead atoms. The van der Waals surface area contributed by atoms with E-state index in [4.69, 9.17) is 4.74 Å². The number of aryl methyl sites for hydroxylation is 1. The summed E-state index contributed by atoms with van der Waals surface area (Å²) in [6.45, 7) is 5.47. The van der Waals surface area contributed by atoms with Crippen LogP contribution in [0.1, 0.15) is 54.5 Å². The van der Waals surface area contributed by atoms with Crippen molar-refractivity contribution in [3.8, 4) is 0 Å². The Morgan fingerprint density at radius 1 is 0.968 bits per heavy atom. The molecule has 158 valence electrons. The first-order valence-corrected chi connectivity index (χ1v) is 10.7. The second-order valence-corrected chi connectivity index (χ2v) is 8.22. The van der Waals surface area contributed by atoms with Crippen LogP contribution in [0.15, 0.2) is 78.9 Å². The molecule has 0 fully saturated rings. The van der Waals surface area contributed by atoms with Gasteiger partial charge in [-0.05, 0) is 37.5 Å². The van der Waals surface area contributed by atoms with Crippen molar-refractivity contribution in [2.75, 3.05) is 4.90 Å². The third-order valence-corrected chi connectivity index (χ3v) is 5.89. The highest BCUT2D eigenvalue weighted by atomic mass is 16.5. The van der Waals surface area contributed by atoms with Crippen LogP contribution < -0.4 is 4.90 Å². The van der Waals surface area contributed by atoms with Gasteiger partial charge in [0.05, 0.1) is 0 Å². The maximum Gasteiger partial charge on any atom is 0.303 e. The molecule has 4 heteroatoms. The Kier molecular flexibility index (Phi) is 5.90. The van der Waals surface area contributed by atoms with Gasteiger partial charge in [0.2, 0.25) is 6.10 Å². The zero-order chi connectivity index (χ0) is 22.0. The number of nitrogens with zero attached hydrogens (tertiary/aromatic N) is 1. The van der Waals surface area contributed by atoms with E-state index in [9.17, 15) is 9.59 Å². The van der Waals surface area contributed by atoms with E-state index in [0.717, 1.165) is 23.2 Å². The van der Waals surface area contributed by atoms with Gasteiger partial charge in [0.1, 0.15) is 0 Å². The molecule has 0 aliphatic carbocycles. The van der Waals surface area contributed by atoms with Crippen molar-refractivity contribution >= 4 is 17.6 Å². The zero-order valence-corrected chi connectivity index (χ0v) is 18.1. The van der Waals surface area contributed by atoms with E-state index in [-0.39, 0.29) is 17.9 Å². The Balaban J connectivity index is 1.78. The lowest BCUT2D eigenvalue weighted by atomic mass is 9.80. The van der Waals surface area contributed by atoms with Gasteiger partial charge in [-0.2, -0.15) is 0 Å². The number of esters is 1.